The van der Waals surface area contributed by atoms with Gasteiger partial charge in [-0.3, -0.25) is 4.79 Å². The van der Waals surface area contributed by atoms with Gasteiger partial charge in [0.25, 0.3) is 5.91 Å². The van der Waals surface area contributed by atoms with E-state index in [0.717, 1.165) is 24.3 Å². The fraction of sp³-hybridized carbons (Fsp3) is 0.312. The third kappa shape index (κ3) is 5.00. The highest BCUT2D eigenvalue weighted by molar-refractivity contribution is 7.98. The lowest BCUT2D eigenvalue weighted by Crippen LogP contribution is -2.23. The quantitative estimate of drug-likeness (QED) is 0.742. The van der Waals surface area contributed by atoms with Crippen LogP contribution in [0.2, 0.25) is 0 Å². The van der Waals surface area contributed by atoms with Crippen molar-refractivity contribution in [3.05, 3.63) is 46.8 Å². The van der Waals surface area contributed by atoms with Gasteiger partial charge < -0.3 is 5.32 Å². The van der Waals surface area contributed by atoms with E-state index in [9.17, 15) is 18.0 Å². The topological polar surface area (TPSA) is 29.1 Å². The van der Waals surface area contributed by atoms with Crippen molar-refractivity contribution in [2.75, 3.05) is 18.6 Å². The average molecular weight is 359 g/mol. The lowest BCUT2D eigenvalue weighted by Gasteiger charge is -2.07. The van der Waals surface area contributed by atoms with Crippen LogP contribution >= 0.6 is 23.1 Å². The Hall–Kier alpha value is -1.47. The largest absolute Gasteiger partial charge is 0.416 e. The molecule has 0 saturated carbocycles. The minimum absolute atomic E-state index is 0.186. The summed E-state index contributed by atoms with van der Waals surface area (Å²) in [6.07, 6.45) is -1.48. The zero-order valence-electron chi connectivity index (χ0n) is 12.4. The first kappa shape index (κ1) is 17.9. The summed E-state index contributed by atoms with van der Waals surface area (Å²) < 4.78 is 38.3. The van der Waals surface area contributed by atoms with Crippen LogP contribution in [0.25, 0.3) is 10.4 Å². The molecule has 2 rings (SSSR count). The minimum atomic E-state index is -4.37. The second-order valence-electron chi connectivity index (χ2n) is 4.84. The summed E-state index contributed by atoms with van der Waals surface area (Å²) in [6, 6.07) is 8.45. The number of thiophene rings is 1. The summed E-state index contributed by atoms with van der Waals surface area (Å²) in [5, 5.41) is 2.81. The van der Waals surface area contributed by atoms with Gasteiger partial charge in [0.2, 0.25) is 0 Å². The molecule has 0 unspecified atom stereocenters. The Morgan fingerprint density at radius 1 is 1.26 bits per heavy atom. The van der Waals surface area contributed by atoms with Crippen molar-refractivity contribution in [2.24, 2.45) is 0 Å². The normalized spacial score (nSPS) is 11.5. The van der Waals surface area contributed by atoms with Crippen LogP contribution in [-0.4, -0.2) is 24.5 Å². The van der Waals surface area contributed by atoms with E-state index in [1.807, 2.05) is 6.26 Å². The van der Waals surface area contributed by atoms with Crippen LogP contribution in [0.4, 0.5) is 13.2 Å². The van der Waals surface area contributed by atoms with E-state index in [4.69, 9.17) is 0 Å². The van der Waals surface area contributed by atoms with Gasteiger partial charge in [-0.15, -0.1) is 11.3 Å². The molecule has 0 radical (unpaired) electrons. The molecule has 2 nitrogen and oxygen atoms in total. The highest BCUT2D eigenvalue weighted by atomic mass is 32.2. The third-order valence-corrected chi connectivity index (χ3v) is 4.95. The molecule has 0 spiro atoms. The highest BCUT2D eigenvalue weighted by Crippen LogP contribution is 2.34. The van der Waals surface area contributed by atoms with E-state index in [1.54, 1.807) is 30.0 Å². The number of alkyl halides is 3. The second-order valence-corrected chi connectivity index (χ2v) is 6.91. The van der Waals surface area contributed by atoms with E-state index < -0.39 is 11.7 Å². The molecule has 23 heavy (non-hydrogen) atoms. The molecule has 0 aliphatic carbocycles. The highest BCUT2D eigenvalue weighted by Gasteiger charge is 2.30. The molecule has 0 bridgehead atoms. The molecule has 124 valence electrons. The maximum Gasteiger partial charge on any atom is 0.416 e. The third-order valence-electron chi connectivity index (χ3n) is 3.11. The van der Waals surface area contributed by atoms with Crippen molar-refractivity contribution in [2.45, 2.75) is 12.6 Å². The predicted molar refractivity (Wildman–Crippen MR) is 90.1 cm³/mol. The number of benzene rings is 1. The summed E-state index contributed by atoms with van der Waals surface area (Å²) in [5.41, 5.74) is -0.224. The van der Waals surface area contributed by atoms with Crippen molar-refractivity contribution in [1.82, 2.24) is 5.32 Å². The number of hydrogen-bond donors (Lipinski definition) is 1. The number of carbonyl (C=O) groups excluding carboxylic acids is 1. The number of hydrogen-bond acceptors (Lipinski definition) is 3. The fourth-order valence-corrected chi connectivity index (χ4v) is 3.32. The number of amides is 1. The zero-order valence-corrected chi connectivity index (χ0v) is 14.1. The van der Waals surface area contributed by atoms with Gasteiger partial charge in [-0.05, 0) is 48.3 Å². The van der Waals surface area contributed by atoms with Gasteiger partial charge >= 0.3 is 6.18 Å². The molecule has 1 N–H and O–H groups in total. The summed E-state index contributed by atoms with van der Waals surface area (Å²) in [5.74, 6) is 0.787. The number of rotatable bonds is 6. The summed E-state index contributed by atoms with van der Waals surface area (Å²) in [6.45, 7) is 0.594. The zero-order chi connectivity index (χ0) is 16.9. The van der Waals surface area contributed by atoms with Crippen LogP contribution in [0.1, 0.15) is 21.7 Å². The number of halogens is 3. The Labute approximate surface area is 141 Å². The van der Waals surface area contributed by atoms with Gasteiger partial charge in [0.05, 0.1) is 10.4 Å². The Morgan fingerprint density at radius 3 is 2.74 bits per heavy atom. The molecule has 0 saturated heterocycles. The second kappa shape index (κ2) is 7.88. The minimum Gasteiger partial charge on any atom is -0.351 e. The molecule has 1 amide bonds. The first-order valence-corrected chi connectivity index (χ1v) is 9.17. The molecule has 1 heterocycles. The first-order chi connectivity index (χ1) is 10.9. The van der Waals surface area contributed by atoms with Crippen LogP contribution in [0, 0.1) is 0 Å². The smallest absolute Gasteiger partial charge is 0.351 e. The van der Waals surface area contributed by atoms with Crippen LogP contribution in [0.5, 0.6) is 0 Å². The van der Waals surface area contributed by atoms with E-state index in [2.05, 4.69) is 5.32 Å². The molecule has 0 aliphatic rings. The molecular weight excluding hydrogens is 343 g/mol. The number of nitrogens with one attached hydrogen (secondary N) is 1. The first-order valence-electron chi connectivity index (χ1n) is 6.96. The van der Waals surface area contributed by atoms with E-state index in [0.29, 0.717) is 21.9 Å². The van der Waals surface area contributed by atoms with E-state index >= 15 is 0 Å². The van der Waals surface area contributed by atoms with Gasteiger partial charge in [-0.25, -0.2) is 0 Å². The van der Waals surface area contributed by atoms with Gasteiger partial charge in [0.1, 0.15) is 0 Å². The number of thioether (sulfide) groups is 1. The maximum atomic E-state index is 12.8. The summed E-state index contributed by atoms with van der Waals surface area (Å²) in [4.78, 5) is 13.1. The van der Waals surface area contributed by atoms with Gasteiger partial charge in [-0.1, -0.05) is 12.1 Å². The van der Waals surface area contributed by atoms with Gasteiger partial charge in [-0.2, -0.15) is 24.9 Å². The Balaban J connectivity index is 2.09. The van der Waals surface area contributed by atoms with Gasteiger partial charge in [0.15, 0.2) is 0 Å². The lowest BCUT2D eigenvalue weighted by atomic mass is 10.1. The molecule has 1 aromatic carbocycles. The monoisotopic (exact) mass is 359 g/mol. The van der Waals surface area contributed by atoms with E-state index in [1.165, 1.54) is 17.4 Å². The van der Waals surface area contributed by atoms with Crippen molar-refractivity contribution >= 4 is 29.0 Å². The number of carbonyl (C=O) groups is 1. The van der Waals surface area contributed by atoms with Crippen LogP contribution in [0.15, 0.2) is 36.4 Å². The van der Waals surface area contributed by atoms with Crippen molar-refractivity contribution < 1.29 is 18.0 Å². The summed E-state index contributed by atoms with van der Waals surface area (Å²) in [7, 11) is 0. The van der Waals surface area contributed by atoms with Crippen molar-refractivity contribution in [3.8, 4) is 10.4 Å². The average Bonchev–Trinajstić information content (AvgIpc) is 3.01. The predicted octanol–water partition coefficient (Wildman–Crippen LogP) is 4.92. The lowest BCUT2D eigenvalue weighted by molar-refractivity contribution is -0.137. The molecule has 0 aliphatic heterocycles. The van der Waals surface area contributed by atoms with E-state index in [-0.39, 0.29) is 5.91 Å². The Bertz CT molecular complexity index is 667. The molecule has 1 aromatic heterocycles. The molecule has 0 atom stereocenters. The van der Waals surface area contributed by atoms with Crippen molar-refractivity contribution in [3.63, 3.8) is 0 Å². The molecule has 7 heteroatoms. The van der Waals surface area contributed by atoms with Crippen LogP contribution in [-0.2, 0) is 6.18 Å². The Kier molecular flexibility index (Phi) is 6.12. The van der Waals surface area contributed by atoms with Crippen molar-refractivity contribution in [1.29, 1.82) is 0 Å². The fourth-order valence-electron chi connectivity index (χ4n) is 1.97. The molecular formula is C16H16F3NOS2. The Morgan fingerprint density at radius 2 is 2.04 bits per heavy atom. The summed E-state index contributed by atoms with van der Waals surface area (Å²) >= 11 is 2.91. The maximum absolute atomic E-state index is 12.8. The standard InChI is InChI=1S/C16H16F3NOS2/c1-22-9-3-8-20-15(21)14-7-6-13(23-14)11-4-2-5-12(10-11)16(17,18)19/h2,4-7,10H,3,8-9H2,1H3,(H,20,21). The molecule has 2 aromatic rings. The van der Waals surface area contributed by atoms with Crippen LogP contribution < -0.4 is 5.32 Å². The van der Waals surface area contributed by atoms with Crippen LogP contribution in [0.3, 0.4) is 0 Å². The SMILES string of the molecule is CSCCCNC(=O)c1ccc(-c2cccc(C(F)(F)F)c2)s1. The molecule has 0 fully saturated rings. The van der Waals surface area contributed by atoms with Gasteiger partial charge in [0, 0.05) is 11.4 Å².